The molecule has 18 heavy (non-hydrogen) atoms. The summed E-state index contributed by atoms with van der Waals surface area (Å²) in [6, 6.07) is 0. The fourth-order valence-electron chi connectivity index (χ4n) is 1.85. The Labute approximate surface area is 115 Å². The van der Waals surface area contributed by atoms with E-state index in [-0.39, 0.29) is 17.7 Å². The van der Waals surface area contributed by atoms with Crippen LogP contribution in [-0.4, -0.2) is 26.1 Å². The summed E-state index contributed by atoms with van der Waals surface area (Å²) in [6.45, 7) is 16.1. The topological polar surface area (TPSA) is 29.5 Å². The van der Waals surface area contributed by atoms with Gasteiger partial charge in [0.1, 0.15) is 0 Å². The van der Waals surface area contributed by atoms with Crippen LogP contribution in [0.4, 0.5) is 0 Å². The van der Waals surface area contributed by atoms with Crippen LogP contribution in [0.1, 0.15) is 60.3 Å². The number of unbranched alkanes of at least 4 members (excludes halogenated alkanes) is 1. The summed E-state index contributed by atoms with van der Waals surface area (Å²) in [5.74, 6) is 0.547. The predicted octanol–water partition coefficient (Wildman–Crippen LogP) is 4.59. The van der Waals surface area contributed by atoms with Gasteiger partial charge in [0.25, 0.3) is 0 Å². The zero-order valence-electron chi connectivity index (χ0n) is 13.5. The van der Waals surface area contributed by atoms with E-state index in [1.165, 1.54) is 19.3 Å². The van der Waals surface area contributed by atoms with Crippen LogP contribution in [0.2, 0.25) is 18.1 Å². The molecule has 3 heteroatoms. The standard InChI is InChI=1S/C15H34O2Si/c1-8-9-10-13(2)14(11-12-16)17-18(6,7)15(3,4)5/h13-14,16H,8-12H2,1-7H3/t13-,14-/m0/s1. The first-order valence-electron chi connectivity index (χ1n) is 7.44. The van der Waals surface area contributed by atoms with Gasteiger partial charge in [0.15, 0.2) is 8.32 Å². The van der Waals surface area contributed by atoms with E-state index in [1.54, 1.807) is 0 Å². The zero-order valence-corrected chi connectivity index (χ0v) is 14.5. The molecule has 2 nitrogen and oxygen atoms in total. The lowest BCUT2D eigenvalue weighted by molar-refractivity contribution is 0.0897. The number of rotatable bonds is 8. The Morgan fingerprint density at radius 2 is 1.72 bits per heavy atom. The number of aliphatic hydroxyl groups excluding tert-OH is 1. The third-order valence-corrected chi connectivity index (χ3v) is 8.82. The van der Waals surface area contributed by atoms with Gasteiger partial charge in [0.05, 0.1) is 0 Å². The maximum absolute atomic E-state index is 9.25. The second kappa shape index (κ2) is 7.66. The molecule has 0 fully saturated rings. The molecule has 0 aromatic heterocycles. The van der Waals surface area contributed by atoms with Crippen molar-refractivity contribution in [2.45, 2.75) is 84.5 Å². The lowest BCUT2D eigenvalue weighted by atomic mass is 9.96. The van der Waals surface area contributed by atoms with Crippen LogP contribution in [0.15, 0.2) is 0 Å². The molecule has 1 N–H and O–H groups in total. The summed E-state index contributed by atoms with van der Waals surface area (Å²) in [4.78, 5) is 0. The molecule has 2 atom stereocenters. The van der Waals surface area contributed by atoms with Crippen molar-refractivity contribution in [1.29, 1.82) is 0 Å². The van der Waals surface area contributed by atoms with Gasteiger partial charge in [-0.05, 0) is 36.9 Å². The first-order valence-corrected chi connectivity index (χ1v) is 10.3. The molecular weight excluding hydrogens is 240 g/mol. The predicted molar refractivity (Wildman–Crippen MR) is 82.5 cm³/mol. The molecular formula is C15H34O2Si. The molecule has 0 unspecified atom stereocenters. The molecule has 0 heterocycles. The van der Waals surface area contributed by atoms with E-state index < -0.39 is 8.32 Å². The van der Waals surface area contributed by atoms with E-state index in [4.69, 9.17) is 4.43 Å². The van der Waals surface area contributed by atoms with Crippen molar-refractivity contribution in [3.8, 4) is 0 Å². The lowest BCUT2D eigenvalue weighted by Gasteiger charge is -2.41. The van der Waals surface area contributed by atoms with Crippen molar-refractivity contribution in [3.63, 3.8) is 0 Å². The molecule has 0 aliphatic carbocycles. The Morgan fingerprint density at radius 3 is 2.11 bits per heavy atom. The van der Waals surface area contributed by atoms with Crippen molar-refractivity contribution in [2.24, 2.45) is 5.92 Å². The smallest absolute Gasteiger partial charge is 0.192 e. The van der Waals surface area contributed by atoms with Gasteiger partial charge in [-0.1, -0.05) is 47.5 Å². The van der Waals surface area contributed by atoms with Gasteiger partial charge in [0.2, 0.25) is 0 Å². The maximum atomic E-state index is 9.25. The summed E-state index contributed by atoms with van der Waals surface area (Å²) in [5.41, 5.74) is 0. The normalized spacial score (nSPS) is 16.7. The molecule has 0 rings (SSSR count). The van der Waals surface area contributed by atoms with Gasteiger partial charge in [0, 0.05) is 12.7 Å². The number of hydrogen-bond acceptors (Lipinski definition) is 2. The monoisotopic (exact) mass is 274 g/mol. The Hall–Kier alpha value is 0.137. The minimum Gasteiger partial charge on any atom is -0.414 e. The number of aliphatic hydroxyl groups is 1. The summed E-state index contributed by atoms with van der Waals surface area (Å²) in [7, 11) is -1.72. The van der Waals surface area contributed by atoms with E-state index in [1.807, 2.05) is 0 Å². The van der Waals surface area contributed by atoms with Crippen LogP contribution in [0, 0.1) is 5.92 Å². The molecule has 0 aromatic carbocycles. The van der Waals surface area contributed by atoms with E-state index >= 15 is 0 Å². The van der Waals surface area contributed by atoms with Gasteiger partial charge in [-0.2, -0.15) is 0 Å². The highest BCUT2D eigenvalue weighted by molar-refractivity contribution is 6.74. The van der Waals surface area contributed by atoms with E-state index in [0.717, 1.165) is 6.42 Å². The highest BCUT2D eigenvalue weighted by atomic mass is 28.4. The van der Waals surface area contributed by atoms with Crippen LogP contribution in [0.3, 0.4) is 0 Å². The molecule has 0 aliphatic heterocycles. The van der Waals surface area contributed by atoms with Gasteiger partial charge >= 0.3 is 0 Å². The third-order valence-electron chi connectivity index (χ3n) is 4.31. The highest BCUT2D eigenvalue weighted by Gasteiger charge is 2.39. The first-order chi connectivity index (χ1) is 8.15. The van der Waals surface area contributed by atoms with E-state index in [0.29, 0.717) is 5.92 Å². The molecule has 0 aliphatic rings. The van der Waals surface area contributed by atoms with Gasteiger partial charge in [-0.15, -0.1) is 0 Å². The maximum Gasteiger partial charge on any atom is 0.192 e. The summed E-state index contributed by atoms with van der Waals surface area (Å²) in [6.07, 6.45) is 4.69. The largest absolute Gasteiger partial charge is 0.414 e. The van der Waals surface area contributed by atoms with Crippen molar-refractivity contribution in [1.82, 2.24) is 0 Å². The van der Waals surface area contributed by atoms with Crippen LogP contribution in [0.25, 0.3) is 0 Å². The van der Waals surface area contributed by atoms with E-state index in [2.05, 4.69) is 47.7 Å². The Morgan fingerprint density at radius 1 is 1.17 bits per heavy atom. The lowest BCUT2D eigenvalue weighted by Crippen LogP contribution is -2.45. The average molecular weight is 275 g/mol. The SMILES string of the molecule is CCCC[C@H](C)[C@H](CCO)O[Si](C)(C)C(C)(C)C. The Bertz CT molecular complexity index is 221. The molecule has 110 valence electrons. The van der Waals surface area contributed by atoms with Gasteiger partial charge in [-0.25, -0.2) is 0 Å². The minimum atomic E-state index is -1.72. The van der Waals surface area contributed by atoms with Crippen LogP contribution in [-0.2, 0) is 4.43 Å². The fraction of sp³-hybridized carbons (Fsp3) is 1.00. The summed E-state index contributed by atoms with van der Waals surface area (Å²) < 4.78 is 6.48. The van der Waals surface area contributed by atoms with Crippen molar-refractivity contribution in [2.75, 3.05) is 6.61 Å². The minimum absolute atomic E-state index is 0.224. The van der Waals surface area contributed by atoms with Crippen molar-refractivity contribution in [3.05, 3.63) is 0 Å². The summed E-state index contributed by atoms with van der Waals surface area (Å²) >= 11 is 0. The third kappa shape index (κ3) is 5.85. The highest BCUT2D eigenvalue weighted by Crippen LogP contribution is 2.38. The molecule has 0 saturated heterocycles. The second-order valence-electron chi connectivity index (χ2n) is 7.05. The van der Waals surface area contributed by atoms with Crippen molar-refractivity contribution < 1.29 is 9.53 Å². The quantitative estimate of drug-likeness (QED) is 0.656. The van der Waals surface area contributed by atoms with Crippen molar-refractivity contribution >= 4 is 8.32 Å². The summed E-state index contributed by atoms with van der Waals surface area (Å²) in [5, 5.41) is 9.49. The molecule has 0 aromatic rings. The van der Waals surface area contributed by atoms with Gasteiger partial charge < -0.3 is 9.53 Å². The average Bonchev–Trinajstić information content (AvgIpc) is 2.23. The van der Waals surface area contributed by atoms with Crippen LogP contribution in [0.5, 0.6) is 0 Å². The Kier molecular flexibility index (Phi) is 7.72. The van der Waals surface area contributed by atoms with Crippen LogP contribution >= 0.6 is 0 Å². The molecule has 0 radical (unpaired) electrons. The Balaban J connectivity index is 4.61. The van der Waals surface area contributed by atoms with Crippen LogP contribution < -0.4 is 0 Å². The van der Waals surface area contributed by atoms with Gasteiger partial charge in [-0.3, -0.25) is 0 Å². The van der Waals surface area contributed by atoms with E-state index in [9.17, 15) is 5.11 Å². The first kappa shape index (κ1) is 18.1. The zero-order chi connectivity index (χ0) is 14.4. The second-order valence-corrected chi connectivity index (χ2v) is 11.8. The molecule has 0 bridgehead atoms. The molecule has 0 saturated carbocycles. The fourth-order valence-corrected chi connectivity index (χ4v) is 3.31. The molecule has 0 spiro atoms. The molecule has 0 amide bonds. The number of hydrogen-bond donors (Lipinski definition) is 1.